The molecule has 0 aliphatic rings. The Labute approximate surface area is 191 Å². The normalized spacial score (nSPS) is 10.8. The average molecular weight is 438 g/mol. The zero-order chi connectivity index (χ0) is 23.0. The van der Waals surface area contributed by atoms with E-state index in [2.05, 4.69) is 10.5 Å². The molecule has 0 radical (unpaired) electrons. The van der Waals surface area contributed by atoms with Gasteiger partial charge in [0.05, 0.1) is 11.8 Å². The SMILES string of the molecule is Cc1ccccc1C(=O)Oc1ccc(C=NNC(=O)COc2cccc3ccccc23)cc1. The lowest BCUT2D eigenvalue weighted by Gasteiger charge is -2.08. The van der Waals surface area contributed by atoms with Gasteiger partial charge in [0.2, 0.25) is 0 Å². The van der Waals surface area contributed by atoms with Crippen molar-refractivity contribution in [3.8, 4) is 11.5 Å². The Morgan fingerprint density at radius 2 is 1.61 bits per heavy atom. The fourth-order valence-corrected chi connectivity index (χ4v) is 3.26. The second kappa shape index (κ2) is 10.2. The molecule has 0 atom stereocenters. The van der Waals surface area contributed by atoms with Crippen molar-refractivity contribution >= 4 is 28.9 Å². The summed E-state index contributed by atoms with van der Waals surface area (Å²) < 4.78 is 11.1. The maximum absolute atomic E-state index is 12.3. The van der Waals surface area contributed by atoms with E-state index >= 15 is 0 Å². The molecule has 164 valence electrons. The molecule has 1 amide bonds. The molecule has 0 fully saturated rings. The second-order valence-electron chi connectivity index (χ2n) is 7.33. The van der Waals surface area contributed by atoms with Crippen molar-refractivity contribution in [3.63, 3.8) is 0 Å². The number of amides is 1. The summed E-state index contributed by atoms with van der Waals surface area (Å²) in [4.78, 5) is 24.4. The van der Waals surface area contributed by atoms with Crippen LogP contribution in [0.15, 0.2) is 96.1 Å². The fraction of sp³-hybridized carbons (Fsp3) is 0.0741. The zero-order valence-electron chi connectivity index (χ0n) is 18.0. The first-order chi connectivity index (χ1) is 16.1. The number of hydrogen-bond donors (Lipinski definition) is 1. The molecule has 0 aliphatic heterocycles. The van der Waals surface area contributed by atoms with Gasteiger partial charge in [-0.2, -0.15) is 5.10 Å². The van der Waals surface area contributed by atoms with E-state index < -0.39 is 5.97 Å². The van der Waals surface area contributed by atoms with Crippen molar-refractivity contribution in [3.05, 3.63) is 108 Å². The van der Waals surface area contributed by atoms with Crippen molar-refractivity contribution in [2.45, 2.75) is 6.92 Å². The highest BCUT2D eigenvalue weighted by Crippen LogP contribution is 2.25. The van der Waals surface area contributed by atoms with Gasteiger partial charge in [-0.3, -0.25) is 4.79 Å². The van der Waals surface area contributed by atoms with E-state index in [1.807, 2.05) is 61.5 Å². The van der Waals surface area contributed by atoms with Gasteiger partial charge in [0, 0.05) is 5.39 Å². The molecular formula is C27H22N2O4. The number of benzene rings is 4. The molecule has 0 bridgehead atoms. The lowest BCUT2D eigenvalue weighted by molar-refractivity contribution is -0.123. The van der Waals surface area contributed by atoms with Gasteiger partial charge in [-0.1, -0.05) is 54.6 Å². The summed E-state index contributed by atoms with van der Waals surface area (Å²) in [6, 6.07) is 27.6. The summed E-state index contributed by atoms with van der Waals surface area (Å²) in [5, 5.41) is 5.94. The molecule has 4 aromatic carbocycles. The molecule has 6 heteroatoms. The first-order valence-electron chi connectivity index (χ1n) is 10.4. The van der Waals surface area contributed by atoms with Gasteiger partial charge in [-0.05, 0) is 59.8 Å². The van der Waals surface area contributed by atoms with Crippen LogP contribution in [0.25, 0.3) is 10.8 Å². The van der Waals surface area contributed by atoms with Crippen LogP contribution in [0.2, 0.25) is 0 Å². The van der Waals surface area contributed by atoms with E-state index in [1.165, 1.54) is 6.21 Å². The minimum absolute atomic E-state index is 0.154. The molecule has 0 aromatic heterocycles. The average Bonchev–Trinajstić information content (AvgIpc) is 2.84. The van der Waals surface area contributed by atoms with E-state index in [0.717, 1.165) is 21.9 Å². The van der Waals surface area contributed by atoms with Crippen molar-refractivity contribution in [2.75, 3.05) is 6.61 Å². The first kappa shape index (κ1) is 21.8. The third-order valence-electron chi connectivity index (χ3n) is 4.97. The molecular weight excluding hydrogens is 416 g/mol. The largest absolute Gasteiger partial charge is 0.483 e. The number of aryl methyl sites for hydroxylation is 1. The van der Waals surface area contributed by atoms with Crippen molar-refractivity contribution in [1.29, 1.82) is 0 Å². The third kappa shape index (κ3) is 5.62. The van der Waals surface area contributed by atoms with E-state index in [-0.39, 0.29) is 12.5 Å². The predicted molar refractivity (Wildman–Crippen MR) is 128 cm³/mol. The Morgan fingerprint density at radius 3 is 2.42 bits per heavy atom. The highest BCUT2D eigenvalue weighted by Gasteiger charge is 2.10. The quantitative estimate of drug-likeness (QED) is 0.193. The predicted octanol–water partition coefficient (Wildman–Crippen LogP) is 4.90. The fourth-order valence-electron chi connectivity index (χ4n) is 3.26. The third-order valence-corrected chi connectivity index (χ3v) is 4.97. The summed E-state index contributed by atoms with van der Waals surface area (Å²) in [6.07, 6.45) is 1.50. The van der Waals surface area contributed by atoms with E-state index in [9.17, 15) is 9.59 Å². The van der Waals surface area contributed by atoms with Crippen molar-refractivity contribution < 1.29 is 19.1 Å². The number of carbonyl (C=O) groups is 2. The van der Waals surface area contributed by atoms with Crippen LogP contribution < -0.4 is 14.9 Å². The summed E-state index contributed by atoms with van der Waals surface area (Å²) in [5.74, 6) is 0.284. The van der Waals surface area contributed by atoms with Crippen LogP contribution in [0.3, 0.4) is 0 Å². The summed E-state index contributed by atoms with van der Waals surface area (Å²) >= 11 is 0. The monoisotopic (exact) mass is 438 g/mol. The van der Waals surface area contributed by atoms with Gasteiger partial charge in [0.25, 0.3) is 5.91 Å². The lowest BCUT2D eigenvalue weighted by atomic mass is 10.1. The number of hydrogen-bond acceptors (Lipinski definition) is 5. The lowest BCUT2D eigenvalue weighted by Crippen LogP contribution is -2.24. The maximum atomic E-state index is 12.3. The zero-order valence-corrected chi connectivity index (χ0v) is 18.0. The topological polar surface area (TPSA) is 77.0 Å². The van der Waals surface area contributed by atoms with Crippen LogP contribution >= 0.6 is 0 Å². The Balaban J connectivity index is 1.28. The van der Waals surface area contributed by atoms with Crippen LogP contribution in [-0.4, -0.2) is 24.7 Å². The summed E-state index contributed by atoms with van der Waals surface area (Å²) in [7, 11) is 0. The highest BCUT2D eigenvalue weighted by molar-refractivity contribution is 5.92. The molecule has 33 heavy (non-hydrogen) atoms. The van der Waals surface area contributed by atoms with Gasteiger partial charge in [0.1, 0.15) is 11.5 Å². The number of carbonyl (C=O) groups excluding carboxylic acids is 2. The Bertz CT molecular complexity index is 1310. The molecule has 0 unspecified atom stereocenters. The molecule has 0 saturated heterocycles. The minimum atomic E-state index is -0.409. The van der Waals surface area contributed by atoms with Crippen LogP contribution in [0, 0.1) is 6.92 Å². The molecule has 4 aromatic rings. The molecule has 0 saturated carbocycles. The van der Waals surface area contributed by atoms with Crippen molar-refractivity contribution in [1.82, 2.24) is 5.43 Å². The first-order valence-corrected chi connectivity index (χ1v) is 10.4. The van der Waals surface area contributed by atoms with E-state index in [0.29, 0.717) is 17.1 Å². The molecule has 0 aliphatic carbocycles. The van der Waals surface area contributed by atoms with Gasteiger partial charge in [-0.25, -0.2) is 10.2 Å². The van der Waals surface area contributed by atoms with Crippen LogP contribution in [-0.2, 0) is 4.79 Å². The molecule has 0 spiro atoms. The number of hydrazone groups is 1. The van der Waals surface area contributed by atoms with Crippen LogP contribution in [0.4, 0.5) is 0 Å². The number of rotatable bonds is 7. The standard InChI is InChI=1S/C27H22N2O4/c1-19-7-2-4-10-23(19)27(31)33-22-15-13-20(14-16-22)17-28-29-26(30)18-32-25-12-6-9-21-8-3-5-11-24(21)25/h2-17H,18H2,1H3,(H,29,30). The number of esters is 1. The Morgan fingerprint density at radius 1 is 0.879 bits per heavy atom. The Kier molecular flexibility index (Phi) is 6.75. The summed E-state index contributed by atoms with van der Waals surface area (Å²) in [6.45, 7) is 1.71. The smallest absolute Gasteiger partial charge is 0.343 e. The van der Waals surface area contributed by atoms with Crippen LogP contribution in [0.5, 0.6) is 11.5 Å². The van der Waals surface area contributed by atoms with Crippen molar-refractivity contribution in [2.24, 2.45) is 5.10 Å². The number of nitrogens with one attached hydrogen (secondary N) is 1. The molecule has 0 heterocycles. The number of ether oxygens (including phenoxy) is 2. The minimum Gasteiger partial charge on any atom is -0.483 e. The number of fused-ring (bicyclic) bond motifs is 1. The maximum Gasteiger partial charge on any atom is 0.343 e. The molecule has 4 rings (SSSR count). The second-order valence-corrected chi connectivity index (χ2v) is 7.33. The van der Waals surface area contributed by atoms with Gasteiger partial charge in [0.15, 0.2) is 6.61 Å². The summed E-state index contributed by atoms with van der Waals surface area (Å²) in [5.41, 5.74) is 4.56. The van der Waals surface area contributed by atoms with Gasteiger partial charge >= 0.3 is 5.97 Å². The van der Waals surface area contributed by atoms with Crippen LogP contribution in [0.1, 0.15) is 21.5 Å². The van der Waals surface area contributed by atoms with Gasteiger partial charge < -0.3 is 9.47 Å². The highest BCUT2D eigenvalue weighted by atomic mass is 16.5. The van der Waals surface area contributed by atoms with E-state index in [4.69, 9.17) is 9.47 Å². The number of nitrogens with zero attached hydrogens (tertiary/aromatic N) is 1. The molecule has 1 N–H and O–H groups in total. The van der Waals surface area contributed by atoms with E-state index in [1.54, 1.807) is 36.4 Å². The Hall–Kier alpha value is -4.45. The van der Waals surface area contributed by atoms with Gasteiger partial charge in [-0.15, -0.1) is 0 Å². The molecule has 6 nitrogen and oxygen atoms in total.